The summed E-state index contributed by atoms with van der Waals surface area (Å²) in [5, 5.41) is 9.43. The molecule has 1 atom stereocenters. The van der Waals surface area contributed by atoms with Crippen LogP contribution in [0, 0.1) is 0 Å². The first-order valence-corrected chi connectivity index (χ1v) is 6.05. The lowest BCUT2D eigenvalue weighted by Crippen LogP contribution is -2.14. The highest BCUT2D eigenvalue weighted by molar-refractivity contribution is 7.32. The Morgan fingerprint density at radius 1 is 1.38 bits per heavy atom. The Hall–Kier alpha value is -0.960. The quantitative estimate of drug-likeness (QED) is 0.801. The van der Waals surface area contributed by atoms with Gasteiger partial charge < -0.3 is 5.11 Å². The Balaban J connectivity index is 3.03. The predicted octanol–water partition coefficient (Wildman–Crippen LogP) is 2.86. The predicted molar refractivity (Wildman–Crippen MR) is 61.4 cm³/mol. The van der Waals surface area contributed by atoms with Crippen LogP contribution in [0.4, 0.5) is 0 Å². The maximum absolute atomic E-state index is 10.5. The molecule has 2 N–H and O–H groups in total. The minimum atomic E-state index is -2.59. The van der Waals surface area contributed by atoms with E-state index in [2.05, 4.69) is 4.52 Å². The Labute approximate surface area is 95.8 Å². The van der Waals surface area contributed by atoms with E-state index in [1.54, 1.807) is 18.2 Å². The van der Waals surface area contributed by atoms with Gasteiger partial charge in [-0.2, -0.15) is 0 Å². The van der Waals surface area contributed by atoms with Gasteiger partial charge in [0.2, 0.25) is 0 Å². The largest absolute Gasteiger partial charge is 0.695 e. The van der Waals surface area contributed by atoms with Crippen molar-refractivity contribution in [3.8, 4) is 5.75 Å². The van der Waals surface area contributed by atoms with Crippen molar-refractivity contribution in [1.82, 2.24) is 0 Å². The Morgan fingerprint density at radius 2 is 2.00 bits per heavy atom. The molecule has 0 fully saturated rings. The first-order chi connectivity index (χ1) is 7.30. The molecule has 1 unspecified atom stereocenters. The molecule has 0 saturated heterocycles. The molecule has 4 nitrogen and oxygen atoms in total. The highest BCUT2D eigenvalue weighted by atomic mass is 31.1. The average molecular weight is 243 g/mol. The van der Waals surface area contributed by atoms with Crippen LogP contribution in [-0.2, 0) is 21.1 Å². The lowest BCUT2D eigenvalue weighted by atomic mass is 9.84. The number of benzene rings is 1. The zero-order valence-electron chi connectivity index (χ0n) is 9.60. The van der Waals surface area contributed by atoms with Gasteiger partial charge >= 0.3 is 8.25 Å². The van der Waals surface area contributed by atoms with E-state index in [1.165, 1.54) is 0 Å². The molecule has 16 heavy (non-hydrogen) atoms. The van der Waals surface area contributed by atoms with Crippen LogP contribution in [0.1, 0.15) is 31.9 Å². The molecule has 1 aromatic carbocycles. The van der Waals surface area contributed by atoms with Crippen LogP contribution in [0.2, 0.25) is 0 Å². The summed E-state index contributed by atoms with van der Waals surface area (Å²) in [5.41, 5.74) is 1.56. The van der Waals surface area contributed by atoms with Crippen molar-refractivity contribution in [1.29, 1.82) is 0 Å². The van der Waals surface area contributed by atoms with Crippen molar-refractivity contribution in [2.75, 3.05) is 0 Å². The van der Waals surface area contributed by atoms with E-state index >= 15 is 0 Å². The number of phenols is 1. The van der Waals surface area contributed by atoms with E-state index in [4.69, 9.17) is 4.89 Å². The highest BCUT2D eigenvalue weighted by Gasteiger charge is 2.21. The van der Waals surface area contributed by atoms with Crippen molar-refractivity contribution < 1.29 is 19.1 Å². The topological polar surface area (TPSA) is 66.8 Å². The van der Waals surface area contributed by atoms with Gasteiger partial charge in [-0.25, -0.2) is 0 Å². The van der Waals surface area contributed by atoms with Crippen molar-refractivity contribution in [3.63, 3.8) is 0 Å². The van der Waals surface area contributed by atoms with E-state index < -0.39 is 8.25 Å². The number of hydrogen-bond donors (Lipinski definition) is 2. The van der Waals surface area contributed by atoms with Gasteiger partial charge in [0, 0.05) is 4.57 Å². The molecule has 1 aromatic rings. The summed E-state index contributed by atoms with van der Waals surface area (Å²) >= 11 is 0. The molecule has 0 aliphatic rings. The molecular formula is C11H16O4P+. The van der Waals surface area contributed by atoms with Crippen LogP contribution in [0.5, 0.6) is 5.75 Å². The molecule has 88 valence electrons. The average Bonchev–Trinajstić information content (AvgIpc) is 2.14. The molecule has 0 aromatic heterocycles. The molecule has 0 radical (unpaired) electrons. The third-order valence-electron chi connectivity index (χ3n) is 2.23. The summed E-state index contributed by atoms with van der Waals surface area (Å²) in [5.74, 6) is 0.182. The van der Waals surface area contributed by atoms with Crippen molar-refractivity contribution in [2.45, 2.75) is 32.8 Å². The maximum atomic E-state index is 10.5. The van der Waals surface area contributed by atoms with E-state index in [9.17, 15) is 9.67 Å². The molecule has 0 bridgehead atoms. The van der Waals surface area contributed by atoms with Gasteiger partial charge in [0.05, 0.1) is 0 Å². The summed E-state index contributed by atoms with van der Waals surface area (Å²) in [6.07, 6.45) is 0. The number of aromatic hydroxyl groups is 1. The number of hydrogen-bond acceptors (Lipinski definition) is 3. The summed E-state index contributed by atoms with van der Waals surface area (Å²) < 4.78 is 15.2. The van der Waals surface area contributed by atoms with Crippen molar-refractivity contribution >= 4 is 8.25 Å². The lowest BCUT2D eigenvalue weighted by molar-refractivity contribution is 0.270. The Morgan fingerprint density at radius 3 is 2.50 bits per heavy atom. The molecular weight excluding hydrogens is 227 g/mol. The fourth-order valence-corrected chi connectivity index (χ4v) is 1.76. The van der Waals surface area contributed by atoms with Crippen LogP contribution in [-0.4, -0.2) is 10.00 Å². The Bertz CT molecular complexity index is 395. The number of phenolic OH excluding ortho intramolecular Hbond substituents is 1. The van der Waals surface area contributed by atoms with Gasteiger partial charge in [-0.1, -0.05) is 26.8 Å². The van der Waals surface area contributed by atoms with Crippen LogP contribution in [0.15, 0.2) is 18.2 Å². The van der Waals surface area contributed by atoms with Gasteiger partial charge in [-0.15, -0.1) is 9.42 Å². The van der Waals surface area contributed by atoms with Crippen LogP contribution in [0.25, 0.3) is 0 Å². The summed E-state index contributed by atoms with van der Waals surface area (Å²) in [7, 11) is -2.59. The highest BCUT2D eigenvalue weighted by Crippen LogP contribution is 2.31. The molecule has 0 spiro atoms. The second-order valence-electron chi connectivity index (χ2n) is 4.60. The van der Waals surface area contributed by atoms with Crippen LogP contribution >= 0.6 is 8.25 Å². The molecule has 0 aliphatic carbocycles. The summed E-state index contributed by atoms with van der Waals surface area (Å²) in [4.78, 5) is 8.60. The molecule has 0 amide bonds. The smallest absolute Gasteiger partial charge is 0.508 e. The monoisotopic (exact) mass is 243 g/mol. The van der Waals surface area contributed by atoms with E-state index in [-0.39, 0.29) is 17.8 Å². The SMILES string of the molecule is CC(C)(C)c1cc(O)ccc1CO[P+](=O)O. The van der Waals surface area contributed by atoms with Gasteiger partial charge in [-0.05, 0) is 28.7 Å². The fourth-order valence-electron chi connectivity index (χ4n) is 1.51. The lowest BCUT2D eigenvalue weighted by Gasteiger charge is -2.22. The van der Waals surface area contributed by atoms with Gasteiger partial charge in [-0.3, -0.25) is 0 Å². The fraction of sp³-hybridized carbons (Fsp3) is 0.455. The van der Waals surface area contributed by atoms with Crippen molar-refractivity contribution in [3.05, 3.63) is 29.3 Å². The van der Waals surface area contributed by atoms with Crippen LogP contribution in [0.3, 0.4) is 0 Å². The van der Waals surface area contributed by atoms with E-state index in [0.29, 0.717) is 0 Å². The first-order valence-electron chi connectivity index (χ1n) is 4.92. The second kappa shape index (κ2) is 4.91. The second-order valence-corrected chi connectivity index (χ2v) is 5.34. The standard InChI is InChI=1S/C11H15O4P/c1-11(2,3)10-6-9(12)5-4-8(10)7-15-16(13)14/h4-6H,7H2,1-3H3,(H-,12,13,14)/p+1. The molecule has 1 rings (SSSR count). The van der Waals surface area contributed by atoms with Gasteiger partial charge in [0.25, 0.3) is 0 Å². The minimum absolute atomic E-state index is 0.0680. The maximum Gasteiger partial charge on any atom is 0.695 e. The zero-order valence-corrected chi connectivity index (χ0v) is 10.5. The van der Waals surface area contributed by atoms with Gasteiger partial charge in [0.1, 0.15) is 12.4 Å². The van der Waals surface area contributed by atoms with Crippen LogP contribution < -0.4 is 0 Å². The normalized spacial score (nSPS) is 12.6. The number of rotatable bonds is 3. The summed E-state index contributed by atoms with van der Waals surface area (Å²) in [6.45, 7) is 6.08. The van der Waals surface area contributed by atoms with Crippen molar-refractivity contribution in [2.24, 2.45) is 0 Å². The summed E-state index contributed by atoms with van der Waals surface area (Å²) in [6, 6.07) is 4.90. The van der Waals surface area contributed by atoms with Gasteiger partial charge in [0.15, 0.2) is 0 Å². The van der Waals surface area contributed by atoms with E-state index in [0.717, 1.165) is 11.1 Å². The first kappa shape index (κ1) is 13.1. The minimum Gasteiger partial charge on any atom is -0.508 e. The Kier molecular flexibility index (Phi) is 4.03. The molecule has 0 aliphatic heterocycles. The molecule has 5 heteroatoms. The molecule has 0 saturated carbocycles. The third-order valence-corrected chi connectivity index (χ3v) is 2.58. The zero-order chi connectivity index (χ0) is 12.3. The third kappa shape index (κ3) is 3.56. The molecule has 0 heterocycles. The van der Waals surface area contributed by atoms with E-state index in [1.807, 2.05) is 20.8 Å².